The summed E-state index contributed by atoms with van der Waals surface area (Å²) >= 11 is 6.03. The number of carbonyl (C=O) groups excluding carboxylic acids is 1. The Bertz CT molecular complexity index is 1050. The molecule has 1 aromatic heterocycles. The van der Waals surface area contributed by atoms with Gasteiger partial charge in [-0.1, -0.05) is 18.0 Å². The number of benzene rings is 2. The van der Waals surface area contributed by atoms with Crippen molar-refractivity contribution in [1.82, 2.24) is 20.0 Å². The first kappa shape index (κ1) is 22.5. The first-order valence-corrected chi connectivity index (χ1v) is 11.5. The molecule has 1 unspecified atom stereocenters. The number of hydrogen-bond acceptors (Lipinski definition) is 3. The minimum Gasteiger partial charge on any atom is -0.351 e. The molecule has 5 nitrogen and oxygen atoms in total. The van der Waals surface area contributed by atoms with Crippen molar-refractivity contribution < 1.29 is 9.18 Å². The number of aromatic nitrogens is 2. The van der Waals surface area contributed by atoms with Crippen LogP contribution in [0.15, 0.2) is 54.6 Å². The topological polar surface area (TPSA) is 50.2 Å². The summed E-state index contributed by atoms with van der Waals surface area (Å²) in [7, 11) is 0. The van der Waals surface area contributed by atoms with E-state index in [-0.39, 0.29) is 11.7 Å². The number of nitrogens with one attached hydrogen (secondary N) is 1. The lowest BCUT2D eigenvalue weighted by atomic mass is 10.0. The van der Waals surface area contributed by atoms with Crippen LogP contribution in [0, 0.1) is 5.82 Å². The van der Waals surface area contributed by atoms with Gasteiger partial charge in [0.1, 0.15) is 11.5 Å². The fourth-order valence-corrected chi connectivity index (χ4v) is 4.27. The monoisotopic (exact) mass is 454 g/mol. The third-order valence-corrected chi connectivity index (χ3v) is 6.25. The van der Waals surface area contributed by atoms with Crippen molar-refractivity contribution in [3.8, 4) is 16.9 Å². The summed E-state index contributed by atoms with van der Waals surface area (Å²) in [6, 6.07) is 15.6. The maximum Gasteiger partial charge on any atom is 0.270 e. The molecule has 1 fully saturated rings. The van der Waals surface area contributed by atoms with Gasteiger partial charge >= 0.3 is 0 Å². The van der Waals surface area contributed by atoms with Gasteiger partial charge < -0.3 is 10.2 Å². The van der Waals surface area contributed by atoms with E-state index in [0.29, 0.717) is 29.0 Å². The number of nitrogens with zero attached hydrogens (tertiary/aromatic N) is 3. The van der Waals surface area contributed by atoms with Gasteiger partial charge in [0, 0.05) is 29.7 Å². The zero-order chi connectivity index (χ0) is 22.5. The predicted octanol–water partition coefficient (Wildman–Crippen LogP) is 5.33. The molecule has 0 bridgehead atoms. The Hall–Kier alpha value is -2.70. The van der Waals surface area contributed by atoms with E-state index in [1.54, 1.807) is 35.0 Å². The minimum atomic E-state index is -0.313. The highest BCUT2D eigenvalue weighted by atomic mass is 35.5. The summed E-state index contributed by atoms with van der Waals surface area (Å²) in [6.07, 6.45) is 4.71. The molecule has 0 spiro atoms. The largest absolute Gasteiger partial charge is 0.351 e. The zero-order valence-electron chi connectivity index (χ0n) is 18.2. The van der Waals surface area contributed by atoms with E-state index in [9.17, 15) is 9.18 Å². The molecule has 3 aromatic rings. The smallest absolute Gasteiger partial charge is 0.270 e. The van der Waals surface area contributed by atoms with Crippen LogP contribution in [0.3, 0.4) is 0 Å². The Morgan fingerprint density at radius 1 is 1.16 bits per heavy atom. The predicted molar refractivity (Wildman–Crippen MR) is 126 cm³/mol. The molecular weight excluding hydrogens is 427 g/mol. The van der Waals surface area contributed by atoms with Gasteiger partial charge in [-0.3, -0.25) is 4.79 Å². The highest BCUT2D eigenvalue weighted by Crippen LogP contribution is 2.23. The molecule has 1 saturated heterocycles. The summed E-state index contributed by atoms with van der Waals surface area (Å²) < 4.78 is 15.0. The van der Waals surface area contributed by atoms with Crippen molar-refractivity contribution in [2.24, 2.45) is 0 Å². The van der Waals surface area contributed by atoms with Crippen LogP contribution in [-0.4, -0.2) is 46.3 Å². The Morgan fingerprint density at radius 2 is 1.91 bits per heavy atom. The number of halogens is 2. The van der Waals surface area contributed by atoms with Gasteiger partial charge in [-0.25, -0.2) is 9.07 Å². The fourth-order valence-electron chi connectivity index (χ4n) is 4.15. The molecule has 1 aliphatic rings. The molecular formula is C25H28ClFN4O. The lowest BCUT2D eigenvalue weighted by Crippen LogP contribution is -2.39. The van der Waals surface area contributed by atoms with E-state index in [4.69, 9.17) is 11.6 Å². The van der Waals surface area contributed by atoms with Crippen LogP contribution in [0.5, 0.6) is 0 Å². The maximum absolute atomic E-state index is 13.3. The molecule has 4 rings (SSSR count). The number of amides is 1. The Morgan fingerprint density at radius 3 is 2.62 bits per heavy atom. The second-order valence-corrected chi connectivity index (χ2v) is 8.74. The molecule has 2 aromatic carbocycles. The van der Waals surface area contributed by atoms with Crippen LogP contribution < -0.4 is 5.32 Å². The maximum atomic E-state index is 13.3. The van der Waals surface area contributed by atoms with Gasteiger partial charge in [0.25, 0.3) is 5.91 Å². The average Bonchev–Trinajstić information content (AvgIpc) is 3.24. The van der Waals surface area contributed by atoms with E-state index in [0.717, 1.165) is 30.8 Å². The third kappa shape index (κ3) is 5.37. The summed E-state index contributed by atoms with van der Waals surface area (Å²) in [5, 5.41) is 8.27. The summed E-state index contributed by atoms with van der Waals surface area (Å²) in [4.78, 5) is 15.5. The van der Waals surface area contributed by atoms with Gasteiger partial charge in [-0.05, 0) is 87.3 Å². The van der Waals surface area contributed by atoms with Crippen molar-refractivity contribution in [1.29, 1.82) is 0 Å². The molecule has 2 heterocycles. The molecule has 0 aliphatic carbocycles. The molecule has 168 valence electrons. The van der Waals surface area contributed by atoms with Gasteiger partial charge in [0.15, 0.2) is 0 Å². The van der Waals surface area contributed by atoms with Crippen LogP contribution in [0.4, 0.5) is 4.39 Å². The van der Waals surface area contributed by atoms with E-state index in [2.05, 4.69) is 22.2 Å². The Kier molecular flexibility index (Phi) is 7.22. The van der Waals surface area contributed by atoms with Crippen molar-refractivity contribution in [2.45, 2.75) is 38.6 Å². The van der Waals surface area contributed by atoms with E-state index >= 15 is 0 Å². The van der Waals surface area contributed by atoms with Crippen LogP contribution in [0.1, 0.15) is 43.1 Å². The zero-order valence-corrected chi connectivity index (χ0v) is 19.0. The molecule has 7 heteroatoms. The molecule has 1 aliphatic heterocycles. The molecule has 32 heavy (non-hydrogen) atoms. The second-order valence-electron chi connectivity index (χ2n) is 8.30. The van der Waals surface area contributed by atoms with Gasteiger partial charge in [0.05, 0.1) is 11.4 Å². The van der Waals surface area contributed by atoms with Crippen LogP contribution in [-0.2, 0) is 0 Å². The van der Waals surface area contributed by atoms with Crippen LogP contribution in [0.2, 0.25) is 5.02 Å². The van der Waals surface area contributed by atoms with Crippen molar-refractivity contribution in [3.63, 3.8) is 0 Å². The first-order valence-electron chi connectivity index (χ1n) is 11.2. The fraction of sp³-hybridized carbons (Fsp3) is 0.360. The van der Waals surface area contributed by atoms with Crippen molar-refractivity contribution in [3.05, 3.63) is 71.1 Å². The molecule has 0 saturated carbocycles. The van der Waals surface area contributed by atoms with E-state index < -0.39 is 0 Å². The highest BCUT2D eigenvalue weighted by Gasteiger charge is 2.19. The standard InChI is InChI=1S/C25H28ClFN4O/c1-18-5-2-3-15-30(18)16-4-14-28-25(32)24-17-23(19-6-10-21(27)11-7-19)29-31(24)22-12-8-20(26)9-13-22/h6-13,17-18H,2-5,14-16H2,1H3,(H,28,32). The van der Waals surface area contributed by atoms with Crippen LogP contribution in [0.25, 0.3) is 16.9 Å². The van der Waals surface area contributed by atoms with Gasteiger partial charge in [0.2, 0.25) is 0 Å². The van der Waals surface area contributed by atoms with Crippen molar-refractivity contribution in [2.75, 3.05) is 19.6 Å². The molecule has 0 radical (unpaired) electrons. The normalized spacial score (nSPS) is 16.8. The molecule has 1 amide bonds. The Labute approximate surface area is 193 Å². The number of likely N-dealkylation sites (tertiary alicyclic amines) is 1. The summed E-state index contributed by atoms with van der Waals surface area (Å²) in [6.45, 7) is 5.00. The second kappa shape index (κ2) is 10.3. The summed E-state index contributed by atoms with van der Waals surface area (Å²) in [5.74, 6) is -0.501. The minimum absolute atomic E-state index is 0.187. The van der Waals surface area contributed by atoms with E-state index in [1.165, 1.54) is 31.4 Å². The first-order chi connectivity index (χ1) is 15.5. The number of hydrogen-bond donors (Lipinski definition) is 1. The quantitative estimate of drug-likeness (QED) is 0.491. The lowest BCUT2D eigenvalue weighted by Gasteiger charge is -2.33. The SMILES string of the molecule is CC1CCCCN1CCCNC(=O)c1cc(-c2ccc(F)cc2)nn1-c1ccc(Cl)cc1. The van der Waals surface area contributed by atoms with E-state index in [1.807, 2.05) is 12.1 Å². The number of rotatable bonds is 7. The molecule has 1 N–H and O–H groups in total. The number of carbonyl (C=O) groups is 1. The third-order valence-electron chi connectivity index (χ3n) is 6.00. The van der Waals surface area contributed by atoms with Crippen molar-refractivity contribution >= 4 is 17.5 Å². The molecule has 1 atom stereocenters. The average molecular weight is 455 g/mol. The van der Waals surface area contributed by atoms with Gasteiger partial charge in [-0.15, -0.1) is 0 Å². The lowest BCUT2D eigenvalue weighted by molar-refractivity contribution is 0.0941. The Balaban J connectivity index is 1.49. The van der Waals surface area contributed by atoms with Crippen LogP contribution >= 0.6 is 11.6 Å². The summed E-state index contributed by atoms with van der Waals surface area (Å²) in [5.41, 5.74) is 2.51. The van der Waals surface area contributed by atoms with Gasteiger partial charge in [-0.2, -0.15) is 5.10 Å². The highest BCUT2D eigenvalue weighted by molar-refractivity contribution is 6.30. The number of piperidine rings is 1.